The standard InChI is InChI=1S/C16H28N2O/c1-16(2)9-7-13(8-10-16)18(4)12-15-6-5-14(19-15)11-17-3/h5-6,13,17H,7-12H2,1-4H3. The van der Waals surface area contributed by atoms with Crippen LogP contribution in [0, 0.1) is 5.41 Å². The molecule has 0 amide bonds. The summed E-state index contributed by atoms with van der Waals surface area (Å²) in [5.41, 5.74) is 0.544. The second kappa shape index (κ2) is 6.10. The molecule has 1 N–H and O–H groups in total. The molecule has 3 nitrogen and oxygen atoms in total. The molecule has 0 bridgehead atoms. The van der Waals surface area contributed by atoms with Gasteiger partial charge in [0.25, 0.3) is 0 Å². The van der Waals surface area contributed by atoms with Crippen molar-refractivity contribution in [1.29, 1.82) is 0 Å². The van der Waals surface area contributed by atoms with Crippen molar-refractivity contribution >= 4 is 0 Å². The number of hydrogen-bond acceptors (Lipinski definition) is 3. The summed E-state index contributed by atoms with van der Waals surface area (Å²) in [6.07, 6.45) is 5.30. The zero-order chi connectivity index (χ0) is 13.9. The molecule has 108 valence electrons. The highest BCUT2D eigenvalue weighted by molar-refractivity contribution is 5.07. The Morgan fingerprint density at radius 2 is 1.89 bits per heavy atom. The minimum absolute atomic E-state index is 0.544. The van der Waals surface area contributed by atoms with Crippen molar-refractivity contribution in [1.82, 2.24) is 10.2 Å². The van der Waals surface area contributed by atoms with E-state index in [9.17, 15) is 0 Å². The monoisotopic (exact) mass is 264 g/mol. The van der Waals surface area contributed by atoms with Gasteiger partial charge in [0.1, 0.15) is 11.5 Å². The molecule has 1 heterocycles. The summed E-state index contributed by atoms with van der Waals surface area (Å²) in [7, 11) is 4.17. The second-order valence-corrected chi connectivity index (χ2v) is 6.71. The van der Waals surface area contributed by atoms with Gasteiger partial charge in [0.2, 0.25) is 0 Å². The molecule has 3 heteroatoms. The van der Waals surface area contributed by atoms with Crippen LogP contribution in [0.15, 0.2) is 16.5 Å². The molecule has 0 spiro atoms. The summed E-state index contributed by atoms with van der Waals surface area (Å²) < 4.78 is 5.82. The molecule has 1 fully saturated rings. The molecule has 0 unspecified atom stereocenters. The third kappa shape index (κ3) is 4.08. The van der Waals surface area contributed by atoms with Crippen molar-refractivity contribution in [2.45, 2.75) is 58.7 Å². The highest BCUT2D eigenvalue weighted by Crippen LogP contribution is 2.36. The SMILES string of the molecule is CNCc1ccc(CN(C)C2CCC(C)(C)CC2)o1. The van der Waals surface area contributed by atoms with Crippen LogP contribution in [0.4, 0.5) is 0 Å². The van der Waals surface area contributed by atoms with Gasteiger partial charge in [-0.05, 0) is 57.3 Å². The van der Waals surface area contributed by atoms with E-state index in [0.717, 1.165) is 24.6 Å². The van der Waals surface area contributed by atoms with Crippen molar-refractivity contribution < 1.29 is 4.42 Å². The fourth-order valence-electron chi connectivity index (χ4n) is 2.98. The molecule has 1 aromatic heterocycles. The first-order chi connectivity index (χ1) is 9.00. The van der Waals surface area contributed by atoms with Crippen molar-refractivity contribution in [2.24, 2.45) is 5.41 Å². The fourth-order valence-corrected chi connectivity index (χ4v) is 2.98. The zero-order valence-corrected chi connectivity index (χ0v) is 12.8. The van der Waals surface area contributed by atoms with Crippen LogP contribution < -0.4 is 5.32 Å². The minimum atomic E-state index is 0.544. The van der Waals surface area contributed by atoms with Crippen LogP contribution in [0.25, 0.3) is 0 Å². The lowest BCUT2D eigenvalue weighted by molar-refractivity contribution is 0.117. The van der Waals surface area contributed by atoms with Crippen molar-refractivity contribution in [3.05, 3.63) is 23.7 Å². The van der Waals surface area contributed by atoms with Crippen LogP contribution in [0.2, 0.25) is 0 Å². The Bertz CT molecular complexity index is 387. The van der Waals surface area contributed by atoms with Gasteiger partial charge < -0.3 is 9.73 Å². The molecule has 1 saturated carbocycles. The van der Waals surface area contributed by atoms with E-state index in [-0.39, 0.29) is 0 Å². The van der Waals surface area contributed by atoms with E-state index in [1.54, 1.807) is 0 Å². The first-order valence-electron chi connectivity index (χ1n) is 7.42. The Hall–Kier alpha value is -0.800. The molecular formula is C16H28N2O. The summed E-state index contributed by atoms with van der Waals surface area (Å²) in [4.78, 5) is 2.46. The highest BCUT2D eigenvalue weighted by atomic mass is 16.3. The molecule has 0 radical (unpaired) electrons. The van der Waals surface area contributed by atoms with Crippen LogP contribution in [0.3, 0.4) is 0 Å². The topological polar surface area (TPSA) is 28.4 Å². The van der Waals surface area contributed by atoms with E-state index in [1.807, 2.05) is 7.05 Å². The quantitative estimate of drug-likeness (QED) is 0.883. The predicted molar refractivity (Wildman–Crippen MR) is 79.0 cm³/mol. The Labute approximate surface area is 117 Å². The Balaban J connectivity index is 1.85. The highest BCUT2D eigenvalue weighted by Gasteiger charge is 2.28. The van der Waals surface area contributed by atoms with E-state index in [4.69, 9.17) is 4.42 Å². The third-order valence-corrected chi connectivity index (χ3v) is 4.41. The number of nitrogens with one attached hydrogen (secondary N) is 1. The fraction of sp³-hybridized carbons (Fsp3) is 0.750. The summed E-state index contributed by atoms with van der Waals surface area (Å²) in [5.74, 6) is 2.10. The number of nitrogens with zero attached hydrogens (tertiary/aromatic N) is 1. The Morgan fingerprint density at radius 3 is 2.53 bits per heavy atom. The summed E-state index contributed by atoms with van der Waals surface area (Å²) >= 11 is 0. The van der Waals surface area contributed by atoms with Gasteiger partial charge >= 0.3 is 0 Å². The molecular weight excluding hydrogens is 236 g/mol. The van der Waals surface area contributed by atoms with Crippen LogP contribution in [-0.4, -0.2) is 25.0 Å². The zero-order valence-electron chi connectivity index (χ0n) is 12.8. The molecule has 1 aliphatic rings. The maximum Gasteiger partial charge on any atom is 0.118 e. The van der Waals surface area contributed by atoms with E-state index in [0.29, 0.717) is 11.5 Å². The molecule has 0 aromatic carbocycles. The van der Waals surface area contributed by atoms with Gasteiger partial charge in [-0.1, -0.05) is 13.8 Å². The van der Waals surface area contributed by atoms with Crippen molar-refractivity contribution in [3.8, 4) is 0 Å². The maximum absolute atomic E-state index is 5.82. The lowest BCUT2D eigenvalue weighted by atomic mass is 9.75. The molecule has 19 heavy (non-hydrogen) atoms. The second-order valence-electron chi connectivity index (χ2n) is 6.71. The summed E-state index contributed by atoms with van der Waals surface area (Å²) in [6.45, 7) is 6.51. The largest absolute Gasteiger partial charge is 0.463 e. The van der Waals surface area contributed by atoms with E-state index >= 15 is 0 Å². The predicted octanol–water partition coefficient (Wildman–Crippen LogP) is 3.40. The molecule has 0 aliphatic heterocycles. The molecule has 0 atom stereocenters. The average molecular weight is 264 g/mol. The Morgan fingerprint density at radius 1 is 1.26 bits per heavy atom. The van der Waals surface area contributed by atoms with Gasteiger partial charge in [-0.3, -0.25) is 4.90 Å². The lowest BCUT2D eigenvalue weighted by Crippen LogP contribution is -2.36. The first-order valence-corrected chi connectivity index (χ1v) is 7.42. The van der Waals surface area contributed by atoms with E-state index in [2.05, 4.69) is 43.2 Å². The van der Waals surface area contributed by atoms with Crippen molar-refractivity contribution in [2.75, 3.05) is 14.1 Å². The van der Waals surface area contributed by atoms with Crippen LogP contribution in [0.1, 0.15) is 51.1 Å². The molecule has 1 aliphatic carbocycles. The number of rotatable bonds is 5. The van der Waals surface area contributed by atoms with Crippen molar-refractivity contribution in [3.63, 3.8) is 0 Å². The van der Waals surface area contributed by atoms with E-state index < -0.39 is 0 Å². The van der Waals surface area contributed by atoms with Crippen LogP contribution >= 0.6 is 0 Å². The molecule has 0 saturated heterocycles. The van der Waals surface area contributed by atoms with Gasteiger partial charge in [-0.25, -0.2) is 0 Å². The Kier molecular flexibility index (Phi) is 4.69. The van der Waals surface area contributed by atoms with E-state index in [1.165, 1.54) is 25.7 Å². The summed E-state index contributed by atoms with van der Waals surface area (Å²) in [6, 6.07) is 4.89. The smallest absolute Gasteiger partial charge is 0.118 e. The van der Waals surface area contributed by atoms with Gasteiger partial charge in [0.15, 0.2) is 0 Å². The maximum atomic E-state index is 5.82. The van der Waals surface area contributed by atoms with Crippen LogP contribution in [0.5, 0.6) is 0 Å². The summed E-state index contributed by atoms with van der Waals surface area (Å²) in [5, 5.41) is 3.12. The van der Waals surface area contributed by atoms with Gasteiger partial charge in [-0.15, -0.1) is 0 Å². The van der Waals surface area contributed by atoms with Crippen LogP contribution in [-0.2, 0) is 13.1 Å². The van der Waals surface area contributed by atoms with Gasteiger partial charge in [0, 0.05) is 6.04 Å². The first kappa shape index (κ1) is 14.6. The molecule has 1 aromatic rings. The number of hydrogen-bond donors (Lipinski definition) is 1. The lowest BCUT2D eigenvalue weighted by Gasteiger charge is -2.38. The van der Waals surface area contributed by atoms with Gasteiger partial charge in [-0.2, -0.15) is 0 Å². The molecule has 2 rings (SSSR count). The van der Waals surface area contributed by atoms with Gasteiger partial charge in [0.05, 0.1) is 13.1 Å². The minimum Gasteiger partial charge on any atom is -0.463 e. The average Bonchev–Trinajstić information content (AvgIpc) is 2.77. The number of furan rings is 1. The third-order valence-electron chi connectivity index (χ3n) is 4.41. The normalized spacial score (nSPS) is 20.1.